The second-order valence-corrected chi connectivity index (χ2v) is 3.18. The maximum Gasteiger partial charge on any atom is 0.292 e. The van der Waals surface area contributed by atoms with Gasteiger partial charge in [-0.05, 0) is 18.6 Å². The quantitative estimate of drug-likeness (QED) is 0.735. The van der Waals surface area contributed by atoms with Crippen molar-refractivity contribution in [2.45, 2.75) is 6.92 Å². The SMILES string of the molecule is COC=O.Cc1ccc(-c2cncnc2)nc1. The van der Waals surface area contributed by atoms with Gasteiger partial charge in [-0.15, -0.1) is 0 Å². The van der Waals surface area contributed by atoms with Crippen LogP contribution in [0.2, 0.25) is 0 Å². The Bertz CT molecular complexity index is 443. The Labute approximate surface area is 99.5 Å². The van der Waals surface area contributed by atoms with Crippen LogP contribution in [0.4, 0.5) is 0 Å². The van der Waals surface area contributed by atoms with Gasteiger partial charge in [0.2, 0.25) is 0 Å². The summed E-state index contributed by atoms with van der Waals surface area (Å²) >= 11 is 0. The van der Waals surface area contributed by atoms with E-state index in [1.54, 1.807) is 12.4 Å². The molecular weight excluding hydrogens is 218 g/mol. The average Bonchev–Trinajstić information content (AvgIpc) is 2.41. The summed E-state index contributed by atoms with van der Waals surface area (Å²) in [6.45, 7) is 2.39. The van der Waals surface area contributed by atoms with Gasteiger partial charge in [-0.1, -0.05) is 6.07 Å². The third-order valence-electron chi connectivity index (χ3n) is 1.86. The van der Waals surface area contributed by atoms with Crippen LogP contribution in [0.15, 0.2) is 37.1 Å². The molecule has 2 rings (SSSR count). The second-order valence-electron chi connectivity index (χ2n) is 3.18. The Hall–Kier alpha value is -2.30. The van der Waals surface area contributed by atoms with Gasteiger partial charge in [-0.3, -0.25) is 9.78 Å². The van der Waals surface area contributed by atoms with Crippen molar-refractivity contribution in [3.05, 3.63) is 42.6 Å². The molecule has 5 heteroatoms. The van der Waals surface area contributed by atoms with E-state index in [2.05, 4.69) is 19.7 Å². The van der Waals surface area contributed by atoms with Crippen molar-refractivity contribution in [2.75, 3.05) is 7.11 Å². The summed E-state index contributed by atoms with van der Waals surface area (Å²) in [7, 11) is 1.31. The molecule has 5 nitrogen and oxygen atoms in total. The fourth-order valence-corrected chi connectivity index (χ4v) is 1.07. The molecule has 0 spiro atoms. The van der Waals surface area contributed by atoms with E-state index in [1.807, 2.05) is 25.3 Å². The lowest BCUT2D eigenvalue weighted by molar-refractivity contribution is -0.126. The Morgan fingerprint density at radius 2 is 1.82 bits per heavy atom. The summed E-state index contributed by atoms with van der Waals surface area (Å²) in [6.07, 6.45) is 6.86. The molecule has 2 heterocycles. The maximum absolute atomic E-state index is 8.95. The van der Waals surface area contributed by atoms with Crippen molar-refractivity contribution in [3.8, 4) is 11.3 Å². The van der Waals surface area contributed by atoms with Crippen molar-refractivity contribution in [1.29, 1.82) is 0 Å². The zero-order valence-electron chi connectivity index (χ0n) is 9.70. The van der Waals surface area contributed by atoms with E-state index in [-0.39, 0.29) is 0 Å². The number of hydrogen-bond donors (Lipinski definition) is 0. The predicted molar refractivity (Wildman–Crippen MR) is 63.1 cm³/mol. The van der Waals surface area contributed by atoms with Crippen LogP contribution >= 0.6 is 0 Å². The van der Waals surface area contributed by atoms with Gasteiger partial charge < -0.3 is 4.74 Å². The highest BCUT2D eigenvalue weighted by Gasteiger charge is 1.97. The minimum absolute atomic E-state index is 0.375. The highest BCUT2D eigenvalue weighted by molar-refractivity contribution is 5.56. The Kier molecular flexibility index (Phi) is 5.30. The Morgan fingerprint density at radius 3 is 2.29 bits per heavy atom. The first kappa shape index (κ1) is 12.8. The number of carbonyl (C=O) groups excluding carboxylic acids is 1. The van der Waals surface area contributed by atoms with Crippen LogP contribution < -0.4 is 0 Å². The van der Waals surface area contributed by atoms with Crippen LogP contribution in [-0.2, 0) is 9.53 Å². The molecule has 0 bridgehead atoms. The summed E-state index contributed by atoms with van der Waals surface area (Å²) in [5, 5.41) is 0. The summed E-state index contributed by atoms with van der Waals surface area (Å²) in [5.74, 6) is 0. The number of aromatic nitrogens is 3. The van der Waals surface area contributed by atoms with Gasteiger partial charge in [0.15, 0.2) is 0 Å². The van der Waals surface area contributed by atoms with E-state index in [0.717, 1.165) is 16.8 Å². The molecule has 2 aromatic heterocycles. The van der Waals surface area contributed by atoms with E-state index < -0.39 is 0 Å². The molecule has 0 unspecified atom stereocenters. The Balaban J connectivity index is 0.000000317. The van der Waals surface area contributed by atoms with Gasteiger partial charge >= 0.3 is 0 Å². The maximum atomic E-state index is 8.95. The number of carbonyl (C=O) groups is 1. The minimum Gasteiger partial charge on any atom is -0.471 e. The number of ether oxygens (including phenoxy) is 1. The first-order chi connectivity index (χ1) is 8.27. The molecule has 88 valence electrons. The predicted octanol–water partition coefficient (Wildman–Crippen LogP) is 1.64. The number of aryl methyl sites for hydroxylation is 1. The van der Waals surface area contributed by atoms with Crippen molar-refractivity contribution in [2.24, 2.45) is 0 Å². The molecule has 0 saturated heterocycles. The van der Waals surface area contributed by atoms with E-state index in [9.17, 15) is 0 Å². The molecule has 0 N–H and O–H groups in total. The fourth-order valence-electron chi connectivity index (χ4n) is 1.07. The summed E-state index contributed by atoms with van der Waals surface area (Å²) < 4.78 is 3.86. The number of rotatable bonds is 2. The summed E-state index contributed by atoms with van der Waals surface area (Å²) in [6, 6.07) is 3.99. The normalized spacial score (nSPS) is 8.82. The first-order valence-corrected chi connectivity index (χ1v) is 4.92. The zero-order valence-corrected chi connectivity index (χ0v) is 9.70. The third-order valence-corrected chi connectivity index (χ3v) is 1.86. The molecule has 0 aliphatic rings. The molecule has 17 heavy (non-hydrogen) atoms. The number of pyridine rings is 1. The molecule has 0 saturated carbocycles. The smallest absolute Gasteiger partial charge is 0.292 e. The lowest BCUT2D eigenvalue weighted by atomic mass is 10.2. The lowest BCUT2D eigenvalue weighted by Crippen LogP contribution is -1.85. The van der Waals surface area contributed by atoms with Crippen molar-refractivity contribution in [3.63, 3.8) is 0 Å². The molecule has 0 aromatic carbocycles. The molecule has 0 radical (unpaired) electrons. The standard InChI is InChI=1S/C10H9N3.C2H4O2/c1-8-2-3-10(13-4-8)9-5-11-7-12-6-9;1-4-2-3/h2-7H,1H3;2H,1H3. The summed E-state index contributed by atoms with van der Waals surface area (Å²) in [4.78, 5) is 21.1. The molecular formula is C12H13N3O2. The van der Waals surface area contributed by atoms with E-state index >= 15 is 0 Å². The highest BCUT2D eigenvalue weighted by atomic mass is 16.5. The van der Waals surface area contributed by atoms with Crippen LogP contribution in [0.1, 0.15) is 5.56 Å². The molecule has 0 aliphatic carbocycles. The molecule has 0 atom stereocenters. The van der Waals surface area contributed by atoms with E-state index in [0.29, 0.717) is 6.47 Å². The monoisotopic (exact) mass is 231 g/mol. The van der Waals surface area contributed by atoms with Gasteiger partial charge in [-0.25, -0.2) is 9.97 Å². The highest BCUT2D eigenvalue weighted by Crippen LogP contribution is 2.13. The van der Waals surface area contributed by atoms with Gasteiger partial charge in [-0.2, -0.15) is 0 Å². The van der Waals surface area contributed by atoms with Gasteiger partial charge in [0.05, 0.1) is 12.8 Å². The first-order valence-electron chi connectivity index (χ1n) is 4.92. The number of hydrogen-bond acceptors (Lipinski definition) is 5. The topological polar surface area (TPSA) is 65.0 Å². The van der Waals surface area contributed by atoms with Crippen LogP contribution in [0.5, 0.6) is 0 Å². The minimum atomic E-state index is 0.375. The van der Waals surface area contributed by atoms with Crippen LogP contribution in [0, 0.1) is 6.92 Å². The largest absolute Gasteiger partial charge is 0.471 e. The van der Waals surface area contributed by atoms with Crippen molar-refractivity contribution < 1.29 is 9.53 Å². The number of nitrogens with zero attached hydrogens (tertiary/aromatic N) is 3. The Morgan fingerprint density at radius 1 is 1.18 bits per heavy atom. The second kappa shape index (κ2) is 7.05. The fraction of sp³-hybridized carbons (Fsp3) is 0.167. The average molecular weight is 231 g/mol. The van der Waals surface area contributed by atoms with Crippen molar-refractivity contribution in [1.82, 2.24) is 15.0 Å². The van der Waals surface area contributed by atoms with Gasteiger partial charge in [0, 0.05) is 24.2 Å². The summed E-state index contributed by atoms with van der Waals surface area (Å²) in [5.41, 5.74) is 3.01. The molecule has 0 amide bonds. The molecule has 0 fully saturated rings. The third kappa shape index (κ3) is 4.38. The van der Waals surface area contributed by atoms with Crippen LogP contribution in [-0.4, -0.2) is 28.5 Å². The lowest BCUT2D eigenvalue weighted by Gasteiger charge is -1.98. The van der Waals surface area contributed by atoms with Crippen molar-refractivity contribution >= 4 is 6.47 Å². The number of methoxy groups -OCH3 is 1. The van der Waals surface area contributed by atoms with Crippen LogP contribution in [0.25, 0.3) is 11.3 Å². The van der Waals surface area contributed by atoms with E-state index in [4.69, 9.17) is 4.79 Å². The molecule has 2 aromatic rings. The van der Waals surface area contributed by atoms with Crippen LogP contribution in [0.3, 0.4) is 0 Å². The van der Waals surface area contributed by atoms with E-state index in [1.165, 1.54) is 13.4 Å². The zero-order chi connectivity index (χ0) is 12.5. The van der Waals surface area contributed by atoms with Gasteiger partial charge in [0.1, 0.15) is 6.33 Å². The molecule has 0 aliphatic heterocycles. The van der Waals surface area contributed by atoms with Gasteiger partial charge in [0.25, 0.3) is 6.47 Å².